The fourth-order valence-electron chi connectivity index (χ4n) is 5.14. The largest absolute Gasteiger partial charge is 0.496 e. The molecule has 0 saturated carbocycles. The van der Waals surface area contributed by atoms with Gasteiger partial charge in [0.05, 0.1) is 26.1 Å². The van der Waals surface area contributed by atoms with E-state index in [1.54, 1.807) is 36.3 Å². The maximum atomic E-state index is 14.9. The predicted octanol–water partition coefficient (Wildman–Crippen LogP) is 4.58. The van der Waals surface area contributed by atoms with Crippen molar-refractivity contribution < 1.29 is 28.6 Å². The third-order valence-corrected chi connectivity index (χ3v) is 6.83. The molecule has 5 rings (SSSR count). The minimum Gasteiger partial charge on any atom is -0.496 e. The van der Waals surface area contributed by atoms with Gasteiger partial charge >= 0.3 is 5.97 Å². The van der Waals surface area contributed by atoms with Crippen molar-refractivity contribution in [3.8, 4) is 22.6 Å². The van der Waals surface area contributed by atoms with E-state index in [0.29, 0.717) is 48.4 Å². The number of ether oxygens (including phenoxy) is 2. The molecule has 1 N–H and O–H groups in total. The van der Waals surface area contributed by atoms with E-state index in [9.17, 15) is 19.1 Å². The highest BCUT2D eigenvalue weighted by Crippen LogP contribution is 2.40. The molecule has 35 heavy (non-hydrogen) atoms. The van der Waals surface area contributed by atoms with Crippen molar-refractivity contribution in [1.82, 2.24) is 4.90 Å². The monoisotopic (exact) mass is 475 g/mol. The molecule has 7 heteroatoms. The number of nitrogens with zero attached hydrogens (tertiary/aromatic N) is 1. The maximum Gasteiger partial charge on any atom is 0.307 e. The molecule has 0 fully saturated rings. The standard InChI is InChI=1S/C28H26FNO5/c1-34-25-9-6-17(15-27(31)32)14-22(25)18-7-8-24(29)19-10-12-30(16-23(18)19)28(33)21-11-13-35-26-5-3-2-4-20(21)26/h2-9,14,21H,10-13,15-16H2,1H3,(H,31,32). The lowest BCUT2D eigenvalue weighted by Crippen LogP contribution is -2.40. The number of hydrogen-bond acceptors (Lipinski definition) is 4. The van der Waals surface area contributed by atoms with Crippen LogP contribution in [0.15, 0.2) is 54.6 Å². The summed E-state index contributed by atoms with van der Waals surface area (Å²) in [7, 11) is 1.55. The minimum absolute atomic E-state index is 0.00760. The summed E-state index contributed by atoms with van der Waals surface area (Å²) < 4.78 is 26.1. The Kier molecular flexibility index (Phi) is 6.16. The summed E-state index contributed by atoms with van der Waals surface area (Å²) >= 11 is 0. The van der Waals surface area contributed by atoms with Crippen LogP contribution in [0, 0.1) is 5.82 Å². The molecule has 3 aromatic carbocycles. The number of carbonyl (C=O) groups is 2. The second-order valence-electron chi connectivity index (χ2n) is 8.89. The first kappa shape index (κ1) is 22.9. The molecule has 0 aliphatic carbocycles. The Morgan fingerprint density at radius 3 is 2.74 bits per heavy atom. The number of fused-ring (bicyclic) bond motifs is 2. The summed E-state index contributed by atoms with van der Waals surface area (Å²) in [5, 5.41) is 9.24. The Balaban J connectivity index is 1.52. The van der Waals surface area contributed by atoms with Crippen molar-refractivity contribution in [2.75, 3.05) is 20.3 Å². The molecule has 0 spiro atoms. The van der Waals surface area contributed by atoms with Gasteiger partial charge in [0.15, 0.2) is 0 Å². The lowest BCUT2D eigenvalue weighted by Gasteiger charge is -2.35. The van der Waals surface area contributed by atoms with Crippen molar-refractivity contribution in [2.24, 2.45) is 0 Å². The number of rotatable bonds is 5. The number of hydrogen-bond donors (Lipinski definition) is 1. The van der Waals surface area contributed by atoms with Gasteiger partial charge in [0, 0.05) is 24.2 Å². The molecule has 1 atom stereocenters. The van der Waals surface area contributed by atoms with Crippen molar-refractivity contribution in [3.63, 3.8) is 0 Å². The predicted molar refractivity (Wildman–Crippen MR) is 128 cm³/mol. The Hall–Kier alpha value is -3.87. The summed E-state index contributed by atoms with van der Waals surface area (Å²) in [5.41, 5.74) is 4.26. The summed E-state index contributed by atoms with van der Waals surface area (Å²) in [6, 6.07) is 15.9. The zero-order chi connectivity index (χ0) is 24.5. The molecule has 0 radical (unpaired) electrons. The topological polar surface area (TPSA) is 76.1 Å². The highest BCUT2D eigenvalue weighted by Gasteiger charge is 2.34. The quantitative estimate of drug-likeness (QED) is 0.585. The number of carboxylic acid groups (broad SMARTS) is 1. The van der Waals surface area contributed by atoms with E-state index in [4.69, 9.17) is 9.47 Å². The molecule has 6 nitrogen and oxygen atoms in total. The first-order valence-corrected chi connectivity index (χ1v) is 11.7. The minimum atomic E-state index is -0.934. The van der Waals surface area contributed by atoms with Gasteiger partial charge in [0.2, 0.25) is 5.91 Å². The normalized spacial score (nSPS) is 16.6. The molecule has 1 unspecified atom stereocenters. The highest BCUT2D eigenvalue weighted by molar-refractivity contribution is 5.86. The number of methoxy groups -OCH3 is 1. The Labute approximate surface area is 202 Å². The first-order chi connectivity index (χ1) is 17.0. The van der Waals surface area contributed by atoms with Crippen LogP contribution in [-0.4, -0.2) is 42.1 Å². The molecule has 1 amide bonds. The summed E-state index contributed by atoms with van der Waals surface area (Å²) in [5.74, 6) is -0.222. The van der Waals surface area contributed by atoms with Gasteiger partial charge in [-0.1, -0.05) is 30.3 Å². The Bertz CT molecular complexity index is 1300. The molecular formula is C28H26FNO5. The lowest BCUT2D eigenvalue weighted by molar-refractivity contribution is -0.136. The van der Waals surface area contributed by atoms with Crippen LogP contribution in [0.1, 0.15) is 34.6 Å². The number of carbonyl (C=O) groups excluding carboxylic acids is 1. The number of halogens is 1. The first-order valence-electron chi connectivity index (χ1n) is 11.7. The lowest BCUT2D eigenvalue weighted by atomic mass is 9.87. The van der Waals surface area contributed by atoms with E-state index in [1.807, 2.05) is 24.3 Å². The van der Waals surface area contributed by atoms with Gasteiger partial charge in [-0.25, -0.2) is 4.39 Å². The fraction of sp³-hybridized carbons (Fsp3) is 0.286. The summed E-state index contributed by atoms with van der Waals surface area (Å²) in [6.45, 7) is 1.18. The Morgan fingerprint density at radius 2 is 1.94 bits per heavy atom. The fourth-order valence-corrected chi connectivity index (χ4v) is 5.14. The smallest absolute Gasteiger partial charge is 0.307 e. The van der Waals surface area contributed by atoms with E-state index >= 15 is 0 Å². The van der Waals surface area contributed by atoms with E-state index in [2.05, 4.69) is 0 Å². The Morgan fingerprint density at radius 1 is 1.11 bits per heavy atom. The zero-order valence-electron chi connectivity index (χ0n) is 19.4. The maximum absolute atomic E-state index is 14.9. The van der Waals surface area contributed by atoms with Crippen LogP contribution in [0.3, 0.4) is 0 Å². The van der Waals surface area contributed by atoms with E-state index in [-0.39, 0.29) is 30.6 Å². The third kappa shape index (κ3) is 4.34. The molecular weight excluding hydrogens is 449 g/mol. The number of amides is 1. The summed E-state index contributed by atoms with van der Waals surface area (Å²) in [6.07, 6.45) is 0.872. The van der Waals surface area contributed by atoms with Gasteiger partial charge < -0.3 is 19.5 Å². The average molecular weight is 476 g/mol. The highest BCUT2D eigenvalue weighted by atomic mass is 19.1. The van der Waals surface area contributed by atoms with Crippen LogP contribution in [-0.2, 0) is 29.0 Å². The van der Waals surface area contributed by atoms with Crippen molar-refractivity contribution in [2.45, 2.75) is 31.7 Å². The molecule has 2 heterocycles. The molecule has 0 aromatic heterocycles. The number of benzene rings is 3. The van der Waals surface area contributed by atoms with Crippen molar-refractivity contribution in [1.29, 1.82) is 0 Å². The number of aliphatic carboxylic acids is 1. The van der Waals surface area contributed by atoms with Crippen molar-refractivity contribution in [3.05, 3.63) is 82.7 Å². The molecule has 2 aliphatic heterocycles. The van der Waals surface area contributed by atoms with Gasteiger partial charge in [-0.3, -0.25) is 9.59 Å². The molecule has 2 aliphatic rings. The third-order valence-electron chi connectivity index (χ3n) is 6.83. The SMILES string of the molecule is COc1ccc(CC(=O)O)cc1-c1ccc(F)c2c1CN(C(=O)C1CCOc3ccccc31)CC2. The van der Waals surface area contributed by atoms with Crippen LogP contribution in [0.4, 0.5) is 4.39 Å². The van der Waals surface area contributed by atoms with Gasteiger partial charge in [-0.05, 0) is 59.4 Å². The van der Waals surface area contributed by atoms with Crippen LogP contribution in [0.5, 0.6) is 11.5 Å². The van der Waals surface area contributed by atoms with Gasteiger partial charge in [-0.2, -0.15) is 0 Å². The zero-order valence-corrected chi connectivity index (χ0v) is 19.4. The second kappa shape index (κ2) is 9.41. The molecule has 3 aromatic rings. The number of carboxylic acids is 1. The van der Waals surface area contributed by atoms with Gasteiger partial charge in [-0.15, -0.1) is 0 Å². The van der Waals surface area contributed by atoms with E-state index < -0.39 is 5.97 Å². The molecule has 0 saturated heterocycles. The van der Waals surface area contributed by atoms with Gasteiger partial charge in [0.25, 0.3) is 0 Å². The van der Waals surface area contributed by atoms with E-state index in [1.165, 1.54) is 6.07 Å². The second-order valence-corrected chi connectivity index (χ2v) is 8.89. The van der Waals surface area contributed by atoms with E-state index in [0.717, 1.165) is 22.4 Å². The van der Waals surface area contributed by atoms with Crippen LogP contribution >= 0.6 is 0 Å². The van der Waals surface area contributed by atoms with Crippen LogP contribution in [0.2, 0.25) is 0 Å². The van der Waals surface area contributed by atoms with Crippen LogP contribution in [0.25, 0.3) is 11.1 Å². The summed E-state index contributed by atoms with van der Waals surface area (Å²) in [4.78, 5) is 26.7. The number of para-hydroxylation sites is 1. The van der Waals surface area contributed by atoms with Crippen molar-refractivity contribution >= 4 is 11.9 Å². The molecule has 180 valence electrons. The average Bonchev–Trinajstić information content (AvgIpc) is 2.87. The molecule has 0 bridgehead atoms. The van der Waals surface area contributed by atoms with Crippen LogP contribution < -0.4 is 9.47 Å². The van der Waals surface area contributed by atoms with Gasteiger partial charge in [0.1, 0.15) is 17.3 Å².